The second-order valence-electron chi connectivity index (χ2n) is 3.67. The number of fused-ring (bicyclic) bond motifs is 1. The van der Waals surface area contributed by atoms with Crippen LogP contribution in [-0.4, -0.2) is 34.5 Å². The normalized spacial score (nSPS) is 25.5. The topological polar surface area (TPSA) is 95.9 Å². The highest BCUT2D eigenvalue weighted by Gasteiger charge is 2.26. The minimum atomic E-state index is -0.761. The lowest BCUT2D eigenvalue weighted by atomic mass is 9.89. The summed E-state index contributed by atoms with van der Waals surface area (Å²) in [5, 5.41) is 19.2. The van der Waals surface area contributed by atoms with Gasteiger partial charge < -0.3 is 15.9 Å². The van der Waals surface area contributed by atoms with E-state index in [9.17, 15) is 15.0 Å². The molecule has 0 aromatic carbocycles. The van der Waals surface area contributed by atoms with E-state index in [1.807, 2.05) is 0 Å². The molecule has 0 radical (unpaired) electrons. The smallest absolute Gasteiger partial charge is 0.273 e. The Morgan fingerprint density at radius 1 is 1.50 bits per heavy atom. The lowest BCUT2D eigenvalue weighted by Gasteiger charge is -2.22. The van der Waals surface area contributed by atoms with E-state index in [1.54, 1.807) is 18.2 Å². The summed E-state index contributed by atoms with van der Waals surface area (Å²) >= 11 is 0. The van der Waals surface area contributed by atoms with Gasteiger partial charge in [-0.05, 0) is 11.6 Å². The van der Waals surface area contributed by atoms with Crippen LogP contribution in [0.25, 0.3) is 0 Å². The number of aliphatic imine (C=N–C) groups is 1. The molecule has 1 amide bonds. The Hall–Kier alpha value is -1.72. The van der Waals surface area contributed by atoms with E-state index in [2.05, 4.69) is 4.99 Å². The molecule has 0 saturated carbocycles. The molecule has 2 rings (SSSR count). The fourth-order valence-electron chi connectivity index (χ4n) is 1.70. The van der Waals surface area contributed by atoms with Crippen LogP contribution in [0.15, 0.2) is 40.6 Å². The zero-order valence-electron chi connectivity index (χ0n) is 8.50. The maximum Gasteiger partial charge on any atom is 0.273 e. The van der Waals surface area contributed by atoms with Crippen molar-refractivity contribution in [2.75, 3.05) is 6.54 Å². The molecule has 16 heavy (non-hydrogen) atoms. The number of aliphatic hydroxyl groups excluding tert-OH is 2. The first kappa shape index (κ1) is 10.8. The first-order chi connectivity index (χ1) is 7.61. The third-order valence-corrected chi connectivity index (χ3v) is 2.56. The summed E-state index contributed by atoms with van der Waals surface area (Å²) in [6.07, 6.45) is 5.24. The predicted octanol–water partition coefficient (Wildman–Crippen LogP) is -0.158. The SMILES string of the molecule is NCC(O)C1=CC2C(O)=CC(=O)N=C2C=C1. The molecule has 0 fully saturated rings. The van der Waals surface area contributed by atoms with Crippen LogP contribution in [-0.2, 0) is 4.79 Å². The van der Waals surface area contributed by atoms with Gasteiger partial charge in [0.05, 0.1) is 17.7 Å². The van der Waals surface area contributed by atoms with Gasteiger partial charge in [0.2, 0.25) is 0 Å². The predicted molar refractivity (Wildman–Crippen MR) is 58.9 cm³/mol. The molecular formula is C11H12N2O3. The largest absolute Gasteiger partial charge is 0.511 e. The standard InChI is InChI=1S/C11H12N2O3/c12-5-10(15)6-1-2-8-7(3-6)9(14)4-11(16)13-8/h1-4,7,10,14-15H,5,12H2. The Morgan fingerprint density at radius 3 is 2.94 bits per heavy atom. The molecule has 0 aromatic heterocycles. The van der Waals surface area contributed by atoms with E-state index in [1.165, 1.54) is 0 Å². The number of nitrogens with two attached hydrogens (primary N) is 1. The molecule has 2 unspecified atom stereocenters. The molecule has 1 heterocycles. The molecule has 0 spiro atoms. The number of carbonyl (C=O) groups excluding carboxylic acids is 1. The molecule has 5 nitrogen and oxygen atoms in total. The van der Waals surface area contributed by atoms with Gasteiger partial charge in [0, 0.05) is 12.6 Å². The molecule has 1 aliphatic carbocycles. The molecule has 0 saturated heterocycles. The van der Waals surface area contributed by atoms with Crippen molar-refractivity contribution in [3.05, 3.63) is 35.6 Å². The Balaban J connectivity index is 2.32. The van der Waals surface area contributed by atoms with Gasteiger partial charge in [-0.2, -0.15) is 0 Å². The average Bonchev–Trinajstić information content (AvgIpc) is 2.27. The third-order valence-electron chi connectivity index (χ3n) is 2.56. The molecule has 5 heteroatoms. The van der Waals surface area contributed by atoms with Gasteiger partial charge in [-0.3, -0.25) is 4.79 Å². The van der Waals surface area contributed by atoms with Gasteiger partial charge in [0.15, 0.2) is 0 Å². The van der Waals surface area contributed by atoms with E-state index in [-0.39, 0.29) is 12.3 Å². The van der Waals surface area contributed by atoms with E-state index in [0.29, 0.717) is 11.3 Å². The van der Waals surface area contributed by atoms with Crippen LogP contribution in [0.2, 0.25) is 0 Å². The summed E-state index contributed by atoms with van der Waals surface area (Å²) in [6, 6.07) is 0. The van der Waals surface area contributed by atoms with Crippen molar-refractivity contribution in [3.63, 3.8) is 0 Å². The summed E-state index contributed by atoms with van der Waals surface area (Å²) in [5.74, 6) is -0.968. The van der Waals surface area contributed by atoms with Gasteiger partial charge >= 0.3 is 0 Å². The van der Waals surface area contributed by atoms with E-state index >= 15 is 0 Å². The second-order valence-corrected chi connectivity index (χ2v) is 3.67. The Morgan fingerprint density at radius 2 is 2.25 bits per heavy atom. The number of nitrogens with zero attached hydrogens (tertiary/aromatic N) is 1. The number of hydrogen-bond acceptors (Lipinski definition) is 4. The fourth-order valence-corrected chi connectivity index (χ4v) is 1.70. The lowest BCUT2D eigenvalue weighted by molar-refractivity contribution is -0.113. The van der Waals surface area contributed by atoms with Gasteiger partial charge in [-0.15, -0.1) is 0 Å². The molecule has 1 aliphatic heterocycles. The Kier molecular flexibility index (Phi) is 2.72. The van der Waals surface area contributed by atoms with Crippen LogP contribution in [0.1, 0.15) is 0 Å². The van der Waals surface area contributed by atoms with Gasteiger partial charge in [0.25, 0.3) is 5.91 Å². The van der Waals surface area contributed by atoms with Crippen LogP contribution in [0.3, 0.4) is 0 Å². The number of aliphatic hydroxyl groups is 2. The van der Waals surface area contributed by atoms with Crippen molar-refractivity contribution in [1.82, 2.24) is 0 Å². The summed E-state index contributed by atoms with van der Waals surface area (Å²) in [5.41, 5.74) is 6.45. The fraction of sp³-hybridized carbons (Fsp3) is 0.273. The highest BCUT2D eigenvalue weighted by atomic mass is 16.3. The maximum absolute atomic E-state index is 11.1. The van der Waals surface area contributed by atoms with Crippen molar-refractivity contribution in [3.8, 4) is 0 Å². The molecule has 0 aromatic rings. The summed E-state index contributed by atoms with van der Waals surface area (Å²) in [4.78, 5) is 14.8. The van der Waals surface area contributed by atoms with Gasteiger partial charge in [0.1, 0.15) is 5.76 Å². The third kappa shape index (κ3) is 1.82. The Bertz CT molecular complexity index is 446. The highest BCUT2D eigenvalue weighted by Crippen LogP contribution is 2.25. The molecule has 2 aliphatic rings. The number of allylic oxidation sites excluding steroid dienone is 2. The zero-order valence-corrected chi connectivity index (χ0v) is 8.50. The van der Waals surface area contributed by atoms with Crippen molar-refractivity contribution < 1.29 is 15.0 Å². The number of carbonyl (C=O) groups is 1. The maximum atomic E-state index is 11.1. The molecular weight excluding hydrogens is 208 g/mol. The van der Waals surface area contributed by atoms with Gasteiger partial charge in [-0.25, -0.2) is 4.99 Å². The van der Waals surface area contributed by atoms with Crippen LogP contribution >= 0.6 is 0 Å². The zero-order chi connectivity index (χ0) is 11.7. The van der Waals surface area contributed by atoms with Crippen LogP contribution < -0.4 is 5.73 Å². The monoisotopic (exact) mass is 220 g/mol. The van der Waals surface area contributed by atoms with Crippen molar-refractivity contribution in [2.24, 2.45) is 16.6 Å². The average molecular weight is 220 g/mol. The molecule has 4 N–H and O–H groups in total. The van der Waals surface area contributed by atoms with Crippen molar-refractivity contribution >= 4 is 11.6 Å². The first-order valence-electron chi connectivity index (χ1n) is 4.93. The van der Waals surface area contributed by atoms with E-state index in [4.69, 9.17) is 5.73 Å². The Labute approximate surface area is 92.3 Å². The molecule has 84 valence electrons. The van der Waals surface area contributed by atoms with Crippen LogP contribution in [0.5, 0.6) is 0 Å². The molecule has 0 bridgehead atoms. The minimum absolute atomic E-state index is 0.0546. The quantitative estimate of drug-likeness (QED) is 0.602. The van der Waals surface area contributed by atoms with Crippen LogP contribution in [0, 0.1) is 5.92 Å². The molecule has 2 atom stereocenters. The summed E-state index contributed by atoms with van der Waals surface area (Å²) < 4.78 is 0. The summed E-state index contributed by atoms with van der Waals surface area (Å²) in [6.45, 7) is 0.110. The highest BCUT2D eigenvalue weighted by molar-refractivity contribution is 6.12. The lowest BCUT2D eigenvalue weighted by Crippen LogP contribution is -2.27. The first-order valence-corrected chi connectivity index (χ1v) is 4.93. The van der Waals surface area contributed by atoms with Gasteiger partial charge in [-0.1, -0.05) is 12.2 Å². The number of dihydropyridines is 1. The second kappa shape index (κ2) is 4.03. The minimum Gasteiger partial charge on any atom is -0.511 e. The number of amides is 1. The van der Waals surface area contributed by atoms with Crippen molar-refractivity contribution in [2.45, 2.75) is 6.10 Å². The van der Waals surface area contributed by atoms with Crippen LogP contribution in [0.4, 0.5) is 0 Å². The summed E-state index contributed by atoms with van der Waals surface area (Å²) in [7, 11) is 0. The number of hydrogen-bond donors (Lipinski definition) is 3. The van der Waals surface area contributed by atoms with E-state index in [0.717, 1.165) is 6.08 Å². The van der Waals surface area contributed by atoms with E-state index < -0.39 is 17.9 Å². The number of rotatable bonds is 2. The van der Waals surface area contributed by atoms with Crippen molar-refractivity contribution in [1.29, 1.82) is 0 Å².